The van der Waals surface area contributed by atoms with Gasteiger partial charge in [0.15, 0.2) is 0 Å². The van der Waals surface area contributed by atoms with E-state index in [0.29, 0.717) is 25.9 Å². The molecule has 0 saturated heterocycles. The van der Waals surface area contributed by atoms with E-state index >= 15 is 0 Å². The summed E-state index contributed by atoms with van der Waals surface area (Å²) in [4.78, 5) is 30.3. The van der Waals surface area contributed by atoms with Gasteiger partial charge in [-0.1, -0.05) is 18.2 Å². The molecule has 0 spiro atoms. The van der Waals surface area contributed by atoms with Crippen LogP contribution in [0.5, 0.6) is 0 Å². The maximum absolute atomic E-state index is 11.8. The second-order valence-electron chi connectivity index (χ2n) is 5.72. The number of para-hydroxylation sites is 1. The van der Waals surface area contributed by atoms with Crippen LogP contribution in [0.15, 0.2) is 36.5 Å². The monoisotopic (exact) mass is 324 g/mol. The third-order valence-corrected chi connectivity index (χ3v) is 3.88. The van der Waals surface area contributed by atoms with Gasteiger partial charge in [-0.15, -0.1) is 0 Å². The molecule has 0 atom stereocenters. The van der Waals surface area contributed by atoms with Crippen LogP contribution >= 0.6 is 0 Å². The van der Waals surface area contributed by atoms with E-state index in [1.807, 2.05) is 30.5 Å². The number of rotatable bonds is 6. The van der Waals surface area contributed by atoms with Crippen molar-refractivity contribution in [2.24, 2.45) is 0 Å². The first kappa shape index (κ1) is 16.0. The van der Waals surface area contributed by atoms with Crippen LogP contribution in [0.1, 0.15) is 19.0 Å². The van der Waals surface area contributed by atoms with Gasteiger partial charge >= 0.3 is 0 Å². The van der Waals surface area contributed by atoms with Crippen molar-refractivity contribution in [3.8, 4) is 0 Å². The molecule has 0 saturated carbocycles. The molecule has 0 radical (unpaired) electrons. The fourth-order valence-electron chi connectivity index (χ4n) is 2.70. The predicted molar refractivity (Wildman–Crippen MR) is 93.6 cm³/mol. The third-order valence-electron chi connectivity index (χ3n) is 3.88. The Kier molecular flexibility index (Phi) is 4.74. The van der Waals surface area contributed by atoms with Crippen LogP contribution in [0.4, 0.5) is 0 Å². The lowest BCUT2D eigenvalue weighted by Gasteiger charge is -2.05. The van der Waals surface area contributed by atoms with Crippen molar-refractivity contribution in [3.63, 3.8) is 0 Å². The lowest BCUT2D eigenvalue weighted by molar-refractivity contribution is -0.122. The lowest BCUT2D eigenvalue weighted by Crippen LogP contribution is -2.33. The number of amides is 2. The van der Waals surface area contributed by atoms with Crippen LogP contribution < -0.4 is 10.6 Å². The number of aromatic amines is 1. The molecule has 0 unspecified atom stereocenters. The average Bonchev–Trinajstić information content (AvgIpc) is 2.94. The molecule has 0 fully saturated rings. The Hall–Kier alpha value is -2.89. The number of hydrogen-bond donors (Lipinski definition) is 3. The normalized spacial score (nSPS) is 10.9. The smallest absolute Gasteiger partial charge is 0.220 e. The number of carbonyl (C=O) groups is 2. The molecule has 6 heteroatoms. The van der Waals surface area contributed by atoms with Crippen molar-refractivity contribution < 1.29 is 9.59 Å². The average molecular weight is 324 g/mol. The topological polar surface area (TPSA) is 86.9 Å². The molecule has 0 aliphatic rings. The minimum Gasteiger partial charge on any atom is -0.355 e. The van der Waals surface area contributed by atoms with Crippen molar-refractivity contribution in [3.05, 3.63) is 42.2 Å². The van der Waals surface area contributed by atoms with Crippen molar-refractivity contribution in [2.75, 3.05) is 13.1 Å². The number of aryl methyl sites for hydroxylation is 1. The standard InChI is InChI=1S/C18H20N4O2/c1-12(23)19-8-9-20-18(24)7-6-13-10-15-14-4-2-3-5-16(14)22-17(15)11-21-13/h2-5,10-11,22H,6-9H2,1H3,(H,19,23)(H,20,24). The van der Waals surface area contributed by atoms with Crippen molar-refractivity contribution in [2.45, 2.75) is 19.8 Å². The number of H-pyrrole nitrogens is 1. The van der Waals surface area contributed by atoms with Gasteiger partial charge in [0, 0.05) is 48.4 Å². The van der Waals surface area contributed by atoms with E-state index in [1.165, 1.54) is 6.92 Å². The van der Waals surface area contributed by atoms with E-state index < -0.39 is 0 Å². The molecule has 6 nitrogen and oxygen atoms in total. The summed E-state index contributed by atoms with van der Waals surface area (Å²) < 4.78 is 0. The SMILES string of the molecule is CC(=O)NCCNC(=O)CCc1cc2c(cn1)[nH]c1ccccc12. The predicted octanol–water partition coefficient (Wildman–Crippen LogP) is 1.90. The van der Waals surface area contributed by atoms with Crippen LogP contribution in [0.25, 0.3) is 21.8 Å². The first-order valence-electron chi connectivity index (χ1n) is 8.00. The van der Waals surface area contributed by atoms with E-state index in [-0.39, 0.29) is 11.8 Å². The van der Waals surface area contributed by atoms with Gasteiger partial charge in [0.2, 0.25) is 11.8 Å². The second kappa shape index (κ2) is 7.12. The zero-order chi connectivity index (χ0) is 16.9. The minimum atomic E-state index is -0.0968. The molecule has 124 valence electrons. The summed E-state index contributed by atoms with van der Waals surface area (Å²) in [5.41, 5.74) is 2.98. The van der Waals surface area contributed by atoms with Gasteiger partial charge in [-0.2, -0.15) is 0 Å². The highest BCUT2D eigenvalue weighted by molar-refractivity contribution is 6.06. The van der Waals surface area contributed by atoms with Crippen molar-refractivity contribution >= 4 is 33.6 Å². The molecule has 1 aromatic carbocycles. The summed E-state index contributed by atoms with van der Waals surface area (Å²) in [6.07, 6.45) is 2.78. The summed E-state index contributed by atoms with van der Waals surface area (Å²) in [7, 11) is 0. The van der Waals surface area contributed by atoms with Crippen LogP contribution in [-0.2, 0) is 16.0 Å². The number of nitrogens with zero attached hydrogens (tertiary/aromatic N) is 1. The van der Waals surface area contributed by atoms with Gasteiger partial charge in [-0.25, -0.2) is 0 Å². The molecular formula is C18H20N4O2. The van der Waals surface area contributed by atoms with Crippen molar-refractivity contribution in [1.82, 2.24) is 20.6 Å². The summed E-state index contributed by atoms with van der Waals surface area (Å²) in [5.74, 6) is -0.137. The van der Waals surface area contributed by atoms with E-state index in [9.17, 15) is 9.59 Å². The number of benzene rings is 1. The fraction of sp³-hybridized carbons (Fsp3) is 0.278. The molecule has 0 bridgehead atoms. The zero-order valence-corrected chi connectivity index (χ0v) is 13.6. The summed E-state index contributed by atoms with van der Waals surface area (Å²) in [6.45, 7) is 2.34. The number of hydrogen-bond acceptors (Lipinski definition) is 3. The number of pyridine rings is 1. The van der Waals surface area contributed by atoms with Gasteiger partial charge < -0.3 is 15.6 Å². The largest absolute Gasteiger partial charge is 0.355 e. The Morgan fingerprint density at radius 2 is 1.88 bits per heavy atom. The van der Waals surface area contributed by atoms with Crippen LogP contribution in [0.3, 0.4) is 0 Å². The lowest BCUT2D eigenvalue weighted by atomic mass is 10.1. The molecule has 3 N–H and O–H groups in total. The van der Waals surface area contributed by atoms with E-state index in [2.05, 4.69) is 26.7 Å². The Labute approximate surface area is 139 Å². The Balaban J connectivity index is 1.60. The Morgan fingerprint density at radius 3 is 2.71 bits per heavy atom. The zero-order valence-electron chi connectivity index (χ0n) is 13.6. The van der Waals surface area contributed by atoms with Crippen LogP contribution in [-0.4, -0.2) is 34.9 Å². The first-order chi connectivity index (χ1) is 11.6. The third kappa shape index (κ3) is 3.71. The fourth-order valence-corrected chi connectivity index (χ4v) is 2.70. The number of carbonyl (C=O) groups excluding carboxylic acids is 2. The molecule has 3 aromatic rings. The van der Waals surface area contributed by atoms with Gasteiger partial charge in [0.25, 0.3) is 0 Å². The van der Waals surface area contributed by atoms with E-state index in [4.69, 9.17) is 0 Å². The van der Waals surface area contributed by atoms with Gasteiger partial charge in [-0.3, -0.25) is 14.6 Å². The Morgan fingerprint density at radius 1 is 1.08 bits per heavy atom. The summed E-state index contributed by atoms with van der Waals surface area (Å²) in [6, 6.07) is 10.2. The van der Waals surface area contributed by atoms with E-state index in [1.54, 1.807) is 0 Å². The molecule has 2 heterocycles. The molecular weight excluding hydrogens is 304 g/mol. The molecule has 24 heavy (non-hydrogen) atoms. The first-order valence-corrected chi connectivity index (χ1v) is 8.00. The molecule has 0 aliphatic carbocycles. The Bertz CT molecular complexity index is 885. The van der Waals surface area contributed by atoms with Gasteiger partial charge in [-0.05, 0) is 18.6 Å². The highest BCUT2D eigenvalue weighted by atomic mass is 16.2. The number of fused-ring (bicyclic) bond motifs is 3. The minimum absolute atomic E-state index is 0.0406. The molecule has 2 amide bonds. The van der Waals surface area contributed by atoms with Crippen LogP contribution in [0, 0.1) is 0 Å². The van der Waals surface area contributed by atoms with Gasteiger partial charge in [0.1, 0.15) is 0 Å². The summed E-state index contributed by atoms with van der Waals surface area (Å²) in [5, 5.41) is 7.71. The van der Waals surface area contributed by atoms with E-state index in [0.717, 1.165) is 27.5 Å². The number of nitrogens with one attached hydrogen (secondary N) is 3. The highest BCUT2D eigenvalue weighted by Gasteiger charge is 2.07. The maximum Gasteiger partial charge on any atom is 0.220 e. The molecule has 3 rings (SSSR count). The summed E-state index contributed by atoms with van der Waals surface area (Å²) >= 11 is 0. The highest BCUT2D eigenvalue weighted by Crippen LogP contribution is 2.25. The quantitative estimate of drug-likeness (QED) is 0.605. The second-order valence-corrected chi connectivity index (χ2v) is 5.72. The van der Waals surface area contributed by atoms with Gasteiger partial charge in [0.05, 0.1) is 11.7 Å². The molecule has 0 aliphatic heterocycles. The van der Waals surface area contributed by atoms with Crippen LogP contribution in [0.2, 0.25) is 0 Å². The van der Waals surface area contributed by atoms with Crippen molar-refractivity contribution in [1.29, 1.82) is 0 Å². The molecule has 2 aromatic heterocycles. The number of aromatic nitrogens is 2. The maximum atomic E-state index is 11.8.